The van der Waals surface area contributed by atoms with Crippen LogP contribution in [0.1, 0.15) is 39.4 Å². The number of carbonyl (C=O) groups excluding carboxylic acids is 2. The zero-order chi connectivity index (χ0) is 19.0. The van der Waals surface area contributed by atoms with Crippen molar-refractivity contribution in [2.45, 2.75) is 19.3 Å². The molecule has 1 aliphatic heterocycles. The Balaban J connectivity index is 1.72. The summed E-state index contributed by atoms with van der Waals surface area (Å²) in [6.07, 6.45) is 2.14. The smallest absolute Gasteiger partial charge is 0.337 e. The van der Waals surface area contributed by atoms with Crippen LogP contribution in [0.25, 0.3) is 5.69 Å². The molecule has 3 aromatic rings. The minimum absolute atomic E-state index is 0.0570. The molecule has 2 aromatic carbocycles. The van der Waals surface area contributed by atoms with Crippen LogP contribution in [-0.2, 0) is 9.53 Å². The molecule has 0 aliphatic carbocycles. The molecule has 0 spiro atoms. The van der Waals surface area contributed by atoms with Gasteiger partial charge < -0.3 is 10.1 Å². The van der Waals surface area contributed by atoms with E-state index in [0.717, 1.165) is 22.4 Å². The molecule has 1 unspecified atom stereocenters. The zero-order valence-corrected chi connectivity index (χ0v) is 15.1. The average molecular weight is 361 g/mol. The molecule has 1 aromatic heterocycles. The van der Waals surface area contributed by atoms with E-state index in [9.17, 15) is 9.59 Å². The monoisotopic (exact) mass is 361 g/mol. The lowest BCUT2D eigenvalue weighted by Gasteiger charge is -2.24. The van der Waals surface area contributed by atoms with Crippen LogP contribution < -0.4 is 5.32 Å². The number of hydrogen-bond acceptors (Lipinski definition) is 4. The number of amides is 1. The first-order valence-corrected chi connectivity index (χ1v) is 8.70. The summed E-state index contributed by atoms with van der Waals surface area (Å²) in [5.41, 5.74) is 4.46. The zero-order valence-electron chi connectivity index (χ0n) is 15.1. The summed E-state index contributed by atoms with van der Waals surface area (Å²) in [4.78, 5) is 24.0. The fourth-order valence-corrected chi connectivity index (χ4v) is 3.37. The molecule has 0 saturated heterocycles. The van der Waals surface area contributed by atoms with Crippen molar-refractivity contribution in [3.05, 3.63) is 77.0 Å². The number of hydrogen-bond donors (Lipinski definition) is 1. The van der Waals surface area contributed by atoms with Gasteiger partial charge in [-0.25, -0.2) is 9.48 Å². The number of nitrogens with one attached hydrogen (secondary N) is 1. The van der Waals surface area contributed by atoms with E-state index in [4.69, 9.17) is 4.74 Å². The fourth-order valence-electron chi connectivity index (χ4n) is 3.37. The van der Waals surface area contributed by atoms with Gasteiger partial charge in [0.15, 0.2) is 0 Å². The van der Waals surface area contributed by atoms with Crippen molar-refractivity contribution < 1.29 is 14.3 Å². The third kappa shape index (κ3) is 3.10. The highest BCUT2D eigenvalue weighted by atomic mass is 16.5. The van der Waals surface area contributed by atoms with Gasteiger partial charge >= 0.3 is 5.97 Å². The second-order valence-electron chi connectivity index (χ2n) is 6.61. The lowest BCUT2D eigenvalue weighted by Crippen LogP contribution is -2.24. The van der Waals surface area contributed by atoms with Crippen molar-refractivity contribution in [1.82, 2.24) is 9.78 Å². The van der Waals surface area contributed by atoms with Gasteiger partial charge in [0.1, 0.15) is 5.82 Å². The fraction of sp³-hybridized carbons (Fsp3) is 0.190. The Labute approximate surface area is 156 Å². The predicted octanol–water partition coefficient (Wildman–Crippen LogP) is 3.44. The number of methoxy groups -OCH3 is 1. The van der Waals surface area contributed by atoms with Crippen LogP contribution in [0.15, 0.2) is 54.7 Å². The number of ether oxygens (including phenoxy) is 1. The molecule has 6 nitrogen and oxygen atoms in total. The van der Waals surface area contributed by atoms with E-state index in [2.05, 4.69) is 10.4 Å². The van der Waals surface area contributed by atoms with Gasteiger partial charge in [0.05, 0.1) is 24.6 Å². The Kier molecular flexibility index (Phi) is 4.24. The van der Waals surface area contributed by atoms with E-state index in [1.54, 1.807) is 23.0 Å². The first-order chi connectivity index (χ1) is 13.1. The van der Waals surface area contributed by atoms with E-state index in [-0.39, 0.29) is 17.8 Å². The maximum Gasteiger partial charge on any atom is 0.337 e. The number of benzene rings is 2. The maximum absolute atomic E-state index is 12.3. The number of rotatable bonds is 3. The maximum atomic E-state index is 12.3. The summed E-state index contributed by atoms with van der Waals surface area (Å²) in [5, 5.41) is 7.44. The molecule has 0 saturated carbocycles. The molecule has 1 aliphatic rings. The van der Waals surface area contributed by atoms with Gasteiger partial charge in [0.2, 0.25) is 5.91 Å². The van der Waals surface area contributed by atoms with E-state index < -0.39 is 0 Å². The molecular formula is C21H19N3O3. The summed E-state index contributed by atoms with van der Waals surface area (Å²) < 4.78 is 6.49. The highest BCUT2D eigenvalue weighted by Crippen LogP contribution is 2.38. The SMILES string of the molecule is COC(=O)c1ccc(C2CC(=O)Nc3c2cnn3-c2ccc(C)cc2)cc1. The van der Waals surface area contributed by atoms with Gasteiger partial charge in [-0.1, -0.05) is 29.8 Å². The Morgan fingerprint density at radius 1 is 1.15 bits per heavy atom. The molecule has 1 atom stereocenters. The van der Waals surface area contributed by atoms with Crippen molar-refractivity contribution in [3.8, 4) is 5.69 Å². The van der Waals surface area contributed by atoms with E-state index in [1.165, 1.54) is 7.11 Å². The highest BCUT2D eigenvalue weighted by molar-refractivity contribution is 5.95. The van der Waals surface area contributed by atoms with Gasteiger partial charge in [-0.05, 0) is 36.8 Å². The summed E-state index contributed by atoms with van der Waals surface area (Å²) in [5.74, 6) is 0.144. The molecule has 6 heteroatoms. The third-order valence-corrected chi connectivity index (χ3v) is 4.83. The van der Waals surface area contributed by atoms with E-state index in [0.29, 0.717) is 17.8 Å². The first-order valence-electron chi connectivity index (χ1n) is 8.70. The molecule has 4 rings (SSSR count). The lowest BCUT2D eigenvalue weighted by atomic mass is 9.87. The number of nitrogens with zero attached hydrogens (tertiary/aromatic N) is 2. The Hall–Kier alpha value is -3.41. The number of aromatic nitrogens is 2. The number of anilines is 1. The molecule has 136 valence electrons. The summed E-state index contributed by atoms with van der Waals surface area (Å²) >= 11 is 0. The van der Waals surface area contributed by atoms with Crippen LogP contribution in [0.3, 0.4) is 0 Å². The highest BCUT2D eigenvalue weighted by Gasteiger charge is 2.30. The van der Waals surface area contributed by atoms with Gasteiger partial charge in [-0.3, -0.25) is 4.79 Å². The molecule has 2 heterocycles. The normalized spacial score (nSPS) is 15.8. The largest absolute Gasteiger partial charge is 0.465 e. The number of esters is 1. The Morgan fingerprint density at radius 2 is 1.85 bits per heavy atom. The Bertz CT molecular complexity index is 1000. The lowest BCUT2D eigenvalue weighted by molar-refractivity contribution is -0.116. The molecule has 27 heavy (non-hydrogen) atoms. The predicted molar refractivity (Wildman–Crippen MR) is 101 cm³/mol. The third-order valence-electron chi connectivity index (χ3n) is 4.83. The number of carbonyl (C=O) groups is 2. The summed E-state index contributed by atoms with van der Waals surface area (Å²) in [7, 11) is 1.35. The number of fused-ring (bicyclic) bond motifs is 1. The van der Waals surface area contributed by atoms with Crippen LogP contribution in [0.5, 0.6) is 0 Å². The van der Waals surface area contributed by atoms with Crippen molar-refractivity contribution in [3.63, 3.8) is 0 Å². The van der Waals surface area contributed by atoms with E-state index >= 15 is 0 Å². The van der Waals surface area contributed by atoms with E-state index in [1.807, 2.05) is 43.3 Å². The van der Waals surface area contributed by atoms with Gasteiger partial charge in [-0.2, -0.15) is 5.10 Å². The molecule has 0 bridgehead atoms. The van der Waals surface area contributed by atoms with Crippen molar-refractivity contribution in [2.75, 3.05) is 12.4 Å². The standard InChI is InChI=1S/C21H19N3O3/c1-13-3-9-16(10-4-13)24-20-18(12-22-24)17(11-19(25)23-20)14-5-7-15(8-6-14)21(26)27-2/h3-10,12,17H,11H2,1-2H3,(H,23,25). The van der Waals surface area contributed by atoms with Gasteiger partial charge in [-0.15, -0.1) is 0 Å². The number of aryl methyl sites for hydroxylation is 1. The van der Waals surface area contributed by atoms with Crippen molar-refractivity contribution in [1.29, 1.82) is 0 Å². The van der Waals surface area contributed by atoms with Crippen LogP contribution in [0, 0.1) is 6.92 Å². The first kappa shape index (κ1) is 17.0. The Morgan fingerprint density at radius 3 is 2.52 bits per heavy atom. The summed E-state index contributed by atoms with van der Waals surface area (Å²) in [6, 6.07) is 15.1. The van der Waals surface area contributed by atoms with Crippen LogP contribution >= 0.6 is 0 Å². The van der Waals surface area contributed by atoms with Gasteiger partial charge in [0.25, 0.3) is 0 Å². The van der Waals surface area contributed by atoms with Gasteiger partial charge in [0, 0.05) is 17.9 Å². The summed E-state index contributed by atoms with van der Waals surface area (Å²) in [6.45, 7) is 2.03. The molecule has 0 fully saturated rings. The molecule has 1 N–H and O–H groups in total. The second-order valence-corrected chi connectivity index (χ2v) is 6.61. The molecular weight excluding hydrogens is 342 g/mol. The quantitative estimate of drug-likeness (QED) is 0.725. The van der Waals surface area contributed by atoms with Crippen LogP contribution in [0.4, 0.5) is 5.82 Å². The minimum Gasteiger partial charge on any atom is -0.465 e. The minimum atomic E-state index is -0.379. The van der Waals surface area contributed by atoms with Crippen LogP contribution in [0.2, 0.25) is 0 Å². The molecule has 1 amide bonds. The van der Waals surface area contributed by atoms with Crippen molar-refractivity contribution in [2.24, 2.45) is 0 Å². The second kappa shape index (κ2) is 6.72. The average Bonchev–Trinajstić information content (AvgIpc) is 3.11. The van der Waals surface area contributed by atoms with Crippen molar-refractivity contribution >= 4 is 17.7 Å². The topological polar surface area (TPSA) is 73.2 Å². The molecule has 0 radical (unpaired) electrons. The van der Waals surface area contributed by atoms with Crippen LogP contribution in [-0.4, -0.2) is 28.8 Å².